The molecule has 24 heavy (non-hydrogen) atoms. The summed E-state index contributed by atoms with van der Waals surface area (Å²) in [6.45, 7) is 6.35. The number of benzene rings is 1. The van der Waals surface area contributed by atoms with E-state index in [1.807, 2.05) is 18.2 Å². The number of hydrogen-bond acceptors (Lipinski definition) is 5. The van der Waals surface area contributed by atoms with Gasteiger partial charge in [-0.3, -0.25) is 14.5 Å². The van der Waals surface area contributed by atoms with E-state index < -0.39 is 17.4 Å². The van der Waals surface area contributed by atoms with Crippen molar-refractivity contribution in [3.05, 3.63) is 35.4 Å². The summed E-state index contributed by atoms with van der Waals surface area (Å²) in [7, 11) is 2.67. The van der Waals surface area contributed by atoms with Gasteiger partial charge in [0.2, 0.25) is 0 Å². The van der Waals surface area contributed by atoms with E-state index in [0.29, 0.717) is 6.42 Å². The van der Waals surface area contributed by atoms with Gasteiger partial charge in [-0.15, -0.1) is 0 Å². The van der Waals surface area contributed by atoms with E-state index >= 15 is 0 Å². The highest BCUT2D eigenvalue weighted by Gasteiger charge is 2.67. The third kappa shape index (κ3) is 2.18. The van der Waals surface area contributed by atoms with Crippen LogP contribution in [0.5, 0.6) is 0 Å². The van der Waals surface area contributed by atoms with Crippen LogP contribution in [0.15, 0.2) is 24.3 Å². The van der Waals surface area contributed by atoms with Crippen LogP contribution in [0.4, 0.5) is 0 Å². The lowest BCUT2D eigenvalue weighted by molar-refractivity contribution is -0.172. The normalized spacial score (nSPS) is 25.0. The molecular formula is C19H25NO4. The van der Waals surface area contributed by atoms with Gasteiger partial charge in [-0.1, -0.05) is 24.3 Å². The van der Waals surface area contributed by atoms with Gasteiger partial charge in [-0.05, 0) is 44.7 Å². The van der Waals surface area contributed by atoms with Crippen LogP contribution in [0.25, 0.3) is 0 Å². The van der Waals surface area contributed by atoms with Gasteiger partial charge in [0.1, 0.15) is 0 Å². The molecule has 0 aliphatic carbocycles. The predicted molar refractivity (Wildman–Crippen MR) is 89.3 cm³/mol. The first-order chi connectivity index (χ1) is 11.3. The SMILES string of the molecule is COC(=O)C1(C(=O)OC)C[C@H]2Cc3ccccc3[C@@H]1N2C(C)(C)C. The van der Waals surface area contributed by atoms with Crippen LogP contribution in [0.3, 0.4) is 0 Å². The van der Waals surface area contributed by atoms with Crippen molar-refractivity contribution in [3.63, 3.8) is 0 Å². The van der Waals surface area contributed by atoms with E-state index in [4.69, 9.17) is 9.47 Å². The van der Waals surface area contributed by atoms with Crippen LogP contribution < -0.4 is 0 Å². The molecule has 5 nitrogen and oxygen atoms in total. The number of fused-ring (bicyclic) bond motifs is 4. The van der Waals surface area contributed by atoms with Crippen LogP contribution in [-0.2, 0) is 25.5 Å². The molecule has 2 atom stereocenters. The van der Waals surface area contributed by atoms with Gasteiger partial charge >= 0.3 is 11.9 Å². The van der Waals surface area contributed by atoms with E-state index in [2.05, 4.69) is 31.7 Å². The Morgan fingerprint density at radius 2 is 1.71 bits per heavy atom. The maximum Gasteiger partial charge on any atom is 0.325 e. The third-order valence-corrected chi connectivity index (χ3v) is 5.38. The minimum Gasteiger partial charge on any atom is -0.468 e. The van der Waals surface area contributed by atoms with E-state index in [-0.39, 0.29) is 17.6 Å². The highest BCUT2D eigenvalue weighted by Crippen LogP contribution is 2.58. The largest absolute Gasteiger partial charge is 0.468 e. The van der Waals surface area contributed by atoms with Gasteiger partial charge in [0, 0.05) is 11.6 Å². The standard InChI is InChI=1S/C19H25NO4/c1-18(2,3)20-13-10-12-8-6-7-9-14(12)15(20)19(11-13,16(21)23-4)17(22)24-5/h6-9,13,15H,10-11H2,1-5H3/t13-,15+/m1/s1. The number of esters is 2. The number of nitrogens with zero attached hydrogens (tertiary/aromatic N) is 1. The van der Waals surface area contributed by atoms with E-state index in [9.17, 15) is 9.59 Å². The van der Waals surface area contributed by atoms with Crippen LogP contribution in [0, 0.1) is 5.41 Å². The van der Waals surface area contributed by atoms with Crippen molar-refractivity contribution in [1.29, 1.82) is 0 Å². The van der Waals surface area contributed by atoms with Crippen LogP contribution in [0.1, 0.15) is 44.4 Å². The lowest BCUT2D eigenvalue weighted by Gasteiger charge is -2.46. The average Bonchev–Trinajstić information content (AvgIpc) is 2.83. The molecule has 2 bridgehead atoms. The Balaban J connectivity index is 2.26. The first-order valence-electron chi connectivity index (χ1n) is 8.30. The molecular weight excluding hydrogens is 306 g/mol. The van der Waals surface area contributed by atoms with Crippen molar-refractivity contribution < 1.29 is 19.1 Å². The van der Waals surface area contributed by atoms with E-state index in [1.165, 1.54) is 19.8 Å². The van der Waals surface area contributed by atoms with E-state index in [0.717, 1.165) is 12.0 Å². The summed E-state index contributed by atoms with van der Waals surface area (Å²) in [5, 5.41) is 0. The summed E-state index contributed by atoms with van der Waals surface area (Å²) in [6.07, 6.45) is 1.24. The van der Waals surface area contributed by atoms with Crippen molar-refractivity contribution in [3.8, 4) is 0 Å². The molecule has 3 rings (SSSR count). The predicted octanol–water partition coefficient (Wildman–Crippen LogP) is 2.49. The zero-order chi connectivity index (χ0) is 17.7. The molecule has 1 fully saturated rings. The molecule has 2 aliphatic rings. The van der Waals surface area contributed by atoms with Gasteiger partial charge in [0.15, 0.2) is 5.41 Å². The first kappa shape index (κ1) is 17.0. The fraction of sp³-hybridized carbons (Fsp3) is 0.579. The molecule has 2 heterocycles. The summed E-state index contributed by atoms with van der Waals surface area (Å²) < 4.78 is 10.2. The molecule has 0 saturated carbocycles. The van der Waals surface area contributed by atoms with Gasteiger partial charge < -0.3 is 9.47 Å². The Hall–Kier alpha value is -1.88. The zero-order valence-electron chi connectivity index (χ0n) is 15.0. The van der Waals surface area contributed by atoms with Gasteiger partial charge in [0.05, 0.1) is 20.3 Å². The number of rotatable bonds is 2. The molecule has 0 N–H and O–H groups in total. The molecule has 5 heteroatoms. The molecule has 1 saturated heterocycles. The Kier molecular flexibility index (Phi) is 3.95. The molecule has 0 radical (unpaired) electrons. The smallest absolute Gasteiger partial charge is 0.325 e. The van der Waals surface area contributed by atoms with Crippen molar-refractivity contribution in [2.24, 2.45) is 5.41 Å². The summed E-state index contributed by atoms with van der Waals surface area (Å²) in [6, 6.07) is 7.79. The Morgan fingerprint density at radius 1 is 1.12 bits per heavy atom. The zero-order valence-corrected chi connectivity index (χ0v) is 15.0. The second-order valence-corrected chi connectivity index (χ2v) is 7.70. The fourth-order valence-electron chi connectivity index (χ4n) is 4.63. The van der Waals surface area contributed by atoms with Crippen molar-refractivity contribution >= 4 is 11.9 Å². The highest BCUT2D eigenvalue weighted by molar-refractivity contribution is 6.02. The second-order valence-electron chi connectivity index (χ2n) is 7.70. The molecule has 2 aliphatic heterocycles. The summed E-state index contributed by atoms with van der Waals surface area (Å²) in [5.41, 5.74) is 0.723. The molecule has 0 amide bonds. The minimum atomic E-state index is -1.31. The third-order valence-electron chi connectivity index (χ3n) is 5.38. The van der Waals surface area contributed by atoms with Gasteiger partial charge in [-0.2, -0.15) is 0 Å². The maximum absolute atomic E-state index is 12.8. The number of carbonyl (C=O) groups is 2. The summed E-state index contributed by atoms with van der Waals surface area (Å²) >= 11 is 0. The van der Waals surface area contributed by atoms with E-state index in [1.54, 1.807) is 0 Å². The molecule has 1 aromatic carbocycles. The molecule has 130 valence electrons. The van der Waals surface area contributed by atoms with Crippen molar-refractivity contribution in [2.45, 2.75) is 51.2 Å². The van der Waals surface area contributed by atoms with Gasteiger partial charge in [-0.25, -0.2) is 0 Å². The molecule has 1 aromatic rings. The number of methoxy groups -OCH3 is 2. The number of ether oxygens (including phenoxy) is 2. The Labute approximate surface area is 142 Å². The quantitative estimate of drug-likeness (QED) is 0.615. The first-order valence-corrected chi connectivity index (χ1v) is 8.30. The van der Waals surface area contributed by atoms with Crippen molar-refractivity contribution in [1.82, 2.24) is 4.90 Å². The molecule has 0 spiro atoms. The lowest BCUT2D eigenvalue weighted by Crippen LogP contribution is -2.52. The summed E-state index contributed by atoms with van der Waals surface area (Å²) in [4.78, 5) is 27.9. The number of hydrogen-bond donors (Lipinski definition) is 0. The fourth-order valence-corrected chi connectivity index (χ4v) is 4.63. The monoisotopic (exact) mass is 331 g/mol. The van der Waals surface area contributed by atoms with Gasteiger partial charge in [0.25, 0.3) is 0 Å². The Bertz CT molecular complexity index is 660. The van der Waals surface area contributed by atoms with Crippen molar-refractivity contribution in [2.75, 3.05) is 14.2 Å². The Morgan fingerprint density at radius 3 is 2.25 bits per heavy atom. The number of carbonyl (C=O) groups excluding carboxylic acids is 2. The topological polar surface area (TPSA) is 55.8 Å². The second kappa shape index (κ2) is 5.59. The molecule has 0 aromatic heterocycles. The average molecular weight is 331 g/mol. The summed E-state index contributed by atoms with van der Waals surface area (Å²) in [5.74, 6) is -1.01. The van der Waals surface area contributed by atoms with Crippen LogP contribution in [0.2, 0.25) is 0 Å². The maximum atomic E-state index is 12.8. The minimum absolute atomic E-state index is 0.100. The lowest BCUT2D eigenvalue weighted by atomic mass is 9.76. The van der Waals surface area contributed by atoms with Crippen LogP contribution in [-0.4, -0.2) is 42.6 Å². The van der Waals surface area contributed by atoms with Crippen LogP contribution >= 0.6 is 0 Å². The highest BCUT2D eigenvalue weighted by atomic mass is 16.5. The molecule has 0 unspecified atom stereocenters.